The van der Waals surface area contributed by atoms with Crippen molar-refractivity contribution in [2.45, 2.75) is 27.2 Å². The number of amides is 1. The van der Waals surface area contributed by atoms with Crippen molar-refractivity contribution >= 4 is 17.4 Å². The predicted octanol–water partition coefficient (Wildman–Crippen LogP) is 2.57. The summed E-state index contributed by atoms with van der Waals surface area (Å²) in [6, 6.07) is 5.60. The minimum atomic E-state index is -0.383. The number of ketones is 1. The maximum Gasteiger partial charge on any atom is 0.299 e. The van der Waals surface area contributed by atoms with Crippen LogP contribution in [0.25, 0.3) is 0 Å². The molecule has 1 aliphatic rings. The summed E-state index contributed by atoms with van der Waals surface area (Å²) in [6.07, 6.45) is 0.909. The van der Waals surface area contributed by atoms with Gasteiger partial charge in [0.2, 0.25) is 0 Å². The first-order chi connectivity index (χ1) is 8.00. The van der Waals surface area contributed by atoms with E-state index < -0.39 is 0 Å². The predicted molar refractivity (Wildman–Crippen MR) is 67.3 cm³/mol. The van der Waals surface area contributed by atoms with Gasteiger partial charge in [0.25, 0.3) is 11.7 Å². The molecule has 1 aliphatic heterocycles. The molecular weight excluding hydrogens is 214 g/mol. The molecule has 0 aliphatic carbocycles. The van der Waals surface area contributed by atoms with Crippen LogP contribution in [0.4, 0.5) is 5.69 Å². The van der Waals surface area contributed by atoms with Gasteiger partial charge in [0.1, 0.15) is 0 Å². The minimum absolute atomic E-state index is 0.368. The van der Waals surface area contributed by atoms with Crippen molar-refractivity contribution in [3.63, 3.8) is 0 Å². The molecule has 3 heteroatoms. The lowest BCUT2D eigenvalue weighted by Crippen LogP contribution is -2.31. The molecule has 1 aromatic carbocycles. The number of carbonyl (C=O) groups is 2. The number of carbonyl (C=O) groups excluding carboxylic acids is 2. The Balaban J connectivity index is 2.31. The maximum absolute atomic E-state index is 11.9. The third-order valence-electron chi connectivity index (χ3n) is 3.06. The third-order valence-corrected chi connectivity index (χ3v) is 3.06. The highest BCUT2D eigenvalue weighted by Gasteiger charge is 2.35. The number of nitrogens with zero attached hydrogens (tertiary/aromatic N) is 1. The SMILES string of the molecule is Cc1ccc2c(c1)C(=O)C(=O)N2CCC(C)C. The Bertz CT molecular complexity index is 477. The van der Waals surface area contributed by atoms with Crippen LogP contribution in [0.2, 0.25) is 0 Å². The van der Waals surface area contributed by atoms with Crippen molar-refractivity contribution in [3.8, 4) is 0 Å². The van der Waals surface area contributed by atoms with E-state index in [1.165, 1.54) is 0 Å². The zero-order valence-electron chi connectivity index (χ0n) is 10.5. The summed E-state index contributed by atoms with van der Waals surface area (Å²) in [4.78, 5) is 25.3. The Morgan fingerprint density at radius 3 is 2.59 bits per heavy atom. The van der Waals surface area contributed by atoms with E-state index >= 15 is 0 Å². The summed E-state index contributed by atoms with van der Waals surface area (Å²) < 4.78 is 0. The topological polar surface area (TPSA) is 37.4 Å². The molecule has 0 bridgehead atoms. The van der Waals surface area contributed by atoms with Crippen LogP contribution in [-0.4, -0.2) is 18.2 Å². The number of fused-ring (bicyclic) bond motifs is 1. The number of anilines is 1. The van der Waals surface area contributed by atoms with E-state index in [0.29, 0.717) is 18.0 Å². The molecular formula is C14H17NO2. The van der Waals surface area contributed by atoms with Crippen LogP contribution in [0.1, 0.15) is 36.2 Å². The van der Waals surface area contributed by atoms with E-state index in [1.807, 2.05) is 19.1 Å². The number of Topliss-reactive ketones (excluding diaryl/α,β-unsaturated/α-hetero) is 1. The van der Waals surface area contributed by atoms with Gasteiger partial charge in [0.15, 0.2) is 0 Å². The quantitative estimate of drug-likeness (QED) is 0.750. The lowest BCUT2D eigenvalue weighted by atomic mass is 10.1. The summed E-state index contributed by atoms with van der Waals surface area (Å²) in [6.45, 7) is 6.77. The van der Waals surface area contributed by atoms with Crippen LogP contribution >= 0.6 is 0 Å². The molecule has 0 radical (unpaired) electrons. The van der Waals surface area contributed by atoms with Crippen LogP contribution in [0.5, 0.6) is 0 Å². The molecule has 1 aromatic rings. The lowest BCUT2D eigenvalue weighted by molar-refractivity contribution is -0.114. The van der Waals surface area contributed by atoms with Crippen LogP contribution in [0.15, 0.2) is 18.2 Å². The van der Waals surface area contributed by atoms with Gasteiger partial charge in [-0.1, -0.05) is 25.5 Å². The molecule has 2 rings (SSSR count). The highest BCUT2D eigenvalue weighted by molar-refractivity contribution is 6.52. The number of rotatable bonds is 3. The number of hydrogen-bond donors (Lipinski definition) is 0. The zero-order chi connectivity index (χ0) is 12.6. The Kier molecular flexibility index (Phi) is 3.01. The van der Waals surface area contributed by atoms with Crippen LogP contribution in [0.3, 0.4) is 0 Å². The average molecular weight is 231 g/mol. The molecule has 1 amide bonds. The standard InChI is InChI=1S/C14H17NO2/c1-9(2)6-7-15-12-5-4-10(3)8-11(12)13(16)14(15)17/h4-5,8-9H,6-7H2,1-3H3. The molecule has 0 N–H and O–H groups in total. The summed E-state index contributed by atoms with van der Waals surface area (Å²) in [7, 11) is 0. The summed E-state index contributed by atoms with van der Waals surface area (Å²) in [5, 5.41) is 0. The van der Waals surface area contributed by atoms with Crippen LogP contribution in [-0.2, 0) is 4.79 Å². The smallest absolute Gasteiger partial charge is 0.299 e. The highest BCUT2D eigenvalue weighted by atomic mass is 16.2. The van der Waals surface area contributed by atoms with Crippen LogP contribution in [0, 0.1) is 12.8 Å². The van der Waals surface area contributed by atoms with Gasteiger partial charge in [0.05, 0.1) is 11.3 Å². The second-order valence-electron chi connectivity index (χ2n) is 4.99. The van der Waals surface area contributed by atoms with E-state index in [-0.39, 0.29) is 11.7 Å². The molecule has 0 fully saturated rings. The highest BCUT2D eigenvalue weighted by Crippen LogP contribution is 2.30. The first kappa shape index (κ1) is 11.8. The van der Waals surface area contributed by atoms with Crippen molar-refractivity contribution in [1.29, 1.82) is 0 Å². The fourth-order valence-electron chi connectivity index (χ4n) is 2.02. The lowest BCUT2D eigenvalue weighted by Gasteiger charge is -2.17. The summed E-state index contributed by atoms with van der Waals surface area (Å²) >= 11 is 0. The van der Waals surface area contributed by atoms with Crippen molar-refractivity contribution in [2.24, 2.45) is 5.92 Å². The molecule has 0 spiro atoms. The van der Waals surface area contributed by atoms with E-state index in [1.54, 1.807) is 11.0 Å². The number of aryl methyl sites for hydroxylation is 1. The summed E-state index contributed by atoms with van der Waals surface area (Å²) in [5.74, 6) is -0.230. The fourth-order valence-corrected chi connectivity index (χ4v) is 2.02. The van der Waals surface area contributed by atoms with Gasteiger partial charge in [-0.2, -0.15) is 0 Å². The largest absolute Gasteiger partial charge is 0.305 e. The van der Waals surface area contributed by atoms with Gasteiger partial charge >= 0.3 is 0 Å². The molecule has 0 atom stereocenters. The maximum atomic E-state index is 11.9. The molecule has 0 unspecified atom stereocenters. The molecule has 1 heterocycles. The van der Waals surface area contributed by atoms with E-state index in [4.69, 9.17) is 0 Å². The average Bonchev–Trinajstić information content (AvgIpc) is 2.50. The third kappa shape index (κ3) is 2.09. The Morgan fingerprint density at radius 2 is 1.94 bits per heavy atom. The van der Waals surface area contributed by atoms with E-state index in [9.17, 15) is 9.59 Å². The summed E-state index contributed by atoms with van der Waals surface area (Å²) in [5.41, 5.74) is 2.33. The Morgan fingerprint density at radius 1 is 1.24 bits per heavy atom. The second-order valence-corrected chi connectivity index (χ2v) is 4.99. The van der Waals surface area contributed by atoms with E-state index in [2.05, 4.69) is 13.8 Å². The molecule has 3 nitrogen and oxygen atoms in total. The van der Waals surface area contributed by atoms with E-state index in [0.717, 1.165) is 17.7 Å². The van der Waals surface area contributed by atoms with Gasteiger partial charge in [-0.3, -0.25) is 9.59 Å². The molecule has 17 heavy (non-hydrogen) atoms. The zero-order valence-corrected chi connectivity index (χ0v) is 10.5. The van der Waals surface area contributed by atoms with Gasteiger partial charge < -0.3 is 4.90 Å². The number of benzene rings is 1. The van der Waals surface area contributed by atoms with Crippen molar-refractivity contribution < 1.29 is 9.59 Å². The second kappa shape index (κ2) is 4.32. The Hall–Kier alpha value is -1.64. The monoisotopic (exact) mass is 231 g/mol. The van der Waals surface area contributed by atoms with Gasteiger partial charge in [-0.15, -0.1) is 0 Å². The van der Waals surface area contributed by atoms with Crippen LogP contribution < -0.4 is 4.90 Å². The number of hydrogen-bond acceptors (Lipinski definition) is 2. The molecule has 0 saturated heterocycles. The van der Waals surface area contributed by atoms with Crippen molar-refractivity contribution in [1.82, 2.24) is 0 Å². The normalized spacial score (nSPS) is 14.7. The molecule has 0 saturated carbocycles. The van der Waals surface area contributed by atoms with Gasteiger partial charge in [-0.05, 0) is 31.4 Å². The molecule has 0 aromatic heterocycles. The van der Waals surface area contributed by atoms with Crippen molar-refractivity contribution in [2.75, 3.05) is 11.4 Å². The Labute approximate surface area is 101 Å². The first-order valence-corrected chi connectivity index (χ1v) is 5.97. The molecule has 90 valence electrons. The van der Waals surface area contributed by atoms with Crippen molar-refractivity contribution in [3.05, 3.63) is 29.3 Å². The van der Waals surface area contributed by atoms with Gasteiger partial charge in [-0.25, -0.2) is 0 Å². The van der Waals surface area contributed by atoms with Gasteiger partial charge in [0, 0.05) is 6.54 Å². The minimum Gasteiger partial charge on any atom is -0.305 e. The first-order valence-electron chi connectivity index (χ1n) is 5.97. The fraction of sp³-hybridized carbons (Fsp3) is 0.429.